The van der Waals surface area contributed by atoms with E-state index in [1.807, 2.05) is 54.7 Å². The highest BCUT2D eigenvalue weighted by Gasteiger charge is 2.34. The predicted octanol–water partition coefficient (Wildman–Crippen LogP) is 3.88. The molecule has 0 bridgehead atoms. The monoisotopic (exact) mass is 704 g/mol. The second kappa shape index (κ2) is 17.6. The zero-order valence-corrected chi connectivity index (χ0v) is 29.3. The third kappa shape index (κ3) is 9.20. The maximum Gasteiger partial charge on any atom is 0.245 e. The van der Waals surface area contributed by atoms with E-state index in [1.54, 1.807) is 19.4 Å². The number of benzene rings is 2. The number of carbonyl (C=O) groups excluding carboxylic acids is 3. The lowest BCUT2D eigenvalue weighted by atomic mass is 10.0. The molecule has 0 aliphatic carbocycles. The molecule has 4 aromatic rings. The highest BCUT2D eigenvalue weighted by atomic mass is 35.5. The fourth-order valence-electron chi connectivity index (χ4n) is 6.08. The van der Waals surface area contributed by atoms with Crippen molar-refractivity contribution in [1.29, 1.82) is 0 Å². The quantitative estimate of drug-likeness (QED) is 0.143. The van der Waals surface area contributed by atoms with Gasteiger partial charge in [-0.3, -0.25) is 19.4 Å². The summed E-state index contributed by atoms with van der Waals surface area (Å²) >= 11 is 8.20. The number of rotatable bonds is 9. The van der Waals surface area contributed by atoms with Crippen LogP contribution in [0.2, 0.25) is 5.02 Å². The number of nitrogens with one attached hydrogen (secondary N) is 4. The van der Waals surface area contributed by atoms with Crippen LogP contribution in [0.4, 0.5) is 0 Å². The molecule has 2 aromatic carbocycles. The summed E-state index contributed by atoms with van der Waals surface area (Å²) in [5.41, 5.74) is 15.2. The Morgan fingerprint density at radius 1 is 0.898 bits per heavy atom. The number of unbranched alkanes of at least 4 members (excludes halogenated alkanes) is 1. The van der Waals surface area contributed by atoms with Crippen LogP contribution in [0.3, 0.4) is 0 Å². The van der Waals surface area contributed by atoms with Gasteiger partial charge in [0, 0.05) is 71.4 Å². The lowest BCUT2D eigenvalue weighted by Gasteiger charge is -2.32. The molecule has 0 spiro atoms. The summed E-state index contributed by atoms with van der Waals surface area (Å²) < 4.78 is 0. The standard InChI is InChI=1S/C36H45ClN8O3S/c1-45-31(17-24-20-41-28-11-4-3-10-26(24)28)35(47)43-21-25-18-40-22-27(37)33(25)49-32-14-5-2-9-23(32)19-42-29(13-8-16-39)34(46)44-30(36(45)48)12-6-7-15-38/h2-5,9-11,14,18,20,22,29-31,41-42H,6-8,12-13,15-17,19,21,38-39H2,1H3,(H,43,47)(H,44,46)/t29-,30-,31-/m0/s1. The van der Waals surface area contributed by atoms with Gasteiger partial charge in [-0.25, -0.2) is 0 Å². The summed E-state index contributed by atoms with van der Waals surface area (Å²) in [6.07, 6.45) is 8.24. The minimum Gasteiger partial charge on any atom is -0.361 e. The number of aromatic nitrogens is 2. The highest BCUT2D eigenvalue weighted by molar-refractivity contribution is 7.99. The van der Waals surface area contributed by atoms with Gasteiger partial charge in [-0.1, -0.05) is 59.8 Å². The van der Waals surface area contributed by atoms with Crippen molar-refractivity contribution in [2.75, 3.05) is 20.1 Å². The Labute approximate surface area is 296 Å². The summed E-state index contributed by atoms with van der Waals surface area (Å²) in [6, 6.07) is 13.4. The summed E-state index contributed by atoms with van der Waals surface area (Å²) in [4.78, 5) is 53.2. The minimum atomic E-state index is -0.883. The number of carbonyl (C=O) groups is 3. The first kappa shape index (κ1) is 36.3. The van der Waals surface area contributed by atoms with Gasteiger partial charge in [-0.05, 0) is 68.5 Å². The number of hydrogen-bond acceptors (Lipinski definition) is 8. The molecule has 3 amide bonds. The van der Waals surface area contributed by atoms with Crippen molar-refractivity contribution in [2.45, 2.75) is 79.5 Å². The second-order valence-corrected chi connectivity index (χ2v) is 13.7. The van der Waals surface area contributed by atoms with E-state index in [9.17, 15) is 14.4 Å². The molecule has 1 aliphatic rings. The number of nitrogens with zero attached hydrogens (tertiary/aromatic N) is 2. The number of pyridine rings is 1. The van der Waals surface area contributed by atoms with Crippen LogP contribution in [0.15, 0.2) is 76.9 Å². The molecule has 0 saturated heterocycles. The van der Waals surface area contributed by atoms with Gasteiger partial charge >= 0.3 is 0 Å². The number of aromatic amines is 1. The SMILES string of the molecule is CN1C(=O)[C@H](CCCCN)NC(=O)[C@H](CCCN)NCc2ccccc2Sc2c(Cl)cncc2CNC(=O)[C@@H]1Cc1c[nH]c2ccccc12. The smallest absolute Gasteiger partial charge is 0.245 e. The van der Waals surface area contributed by atoms with E-state index in [0.717, 1.165) is 37.4 Å². The molecule has 1 aliphatic heterocycles. The molecule has 2 aromatic heterocycles. The fraction of sp³-hybridized carbons (Fsp3) is 0.389. The number of amides is 3. The highest BCUT2D eigenvalue weighted by Crippen LogP contribution is 2.37. The van der Waals surface area contributed by atoms with E-state index >= 15 is 0 Å². The molecular weight excluding hydrogens is 660 g/mol. The molecule has 0 saturated carbocycles. The topological polar surface area (TPSA) is 171 Å². The Bertz CT molecular complexity index is 1750. The molecule has 49 heavy (non-hydrogen) atoms. The first-order chi connectivity index (χ1) is 23.8. The average molecular weight is 705 g/mol. The number of hydrogen-bond donors (Lipinski definition) is 6. The molecule has 5 rings (SSSR count). The van der Waals surface area contributed by atoms with Crippen LogP contribution in [0.1, 0.15) is 48.8 Å². The van der Waals surface area contributed by atoms with Gasteiger partial charge in [0.15, 0.2) is 0 Å². The fourth-order valence-corrected chi connectivity index (χ4v) is 7.42. The second-order valence-electron chi connectivity index (χ2n) is 12.3. The summed E-state index contributed by atoms with van der Waals surface area (Å²) in [7, 11) is 1.63. The van der Waals surface area contributed by atoms with Crippen LogP contribution in [-0.4, -0.2) is 70.9 Å². The first-order valence-electron chi connectivity index (χ1n) is 16.7. The maximum atomic E-state index is 14.3. The number of halogens is 1. The van der Waals surface area contributed by atoms with Crippen molar-refractivity contribution in [3.05, 3.63) is 88.8 Å². The molecule has 0 fully saturated rings. The largest absolute Gasteiger partial charge is 0.361 e. The van der Waals surface area contributed by atoms with Crippen molar-refractivity contribution in [3.63, 3.8) is 0 Å². The zero-order valence-electron chi connectivity index (χ0n) is 27.7. The first-order valence-corrected chi connectivity index (χ1v) is 17.9. The van der Waals surface area contributed by atoms with Crippen LogP contribution in [0.5, 0.6) is 0 Å². The molecule has 0 unspecified atom stereocenters. The van der Waals surface area contributed by atoms with Crippen molar-refractivity contribution in [3.8, 4) is 0 Å². The number of nitrogens with two attached hydrogens (primary N) is 2. The molecule has 8 N–H and O–H groups in total. The lowest BCUT2D eigenvalue weighted by molar-refractivity contribution is -0.142. The Balaban J connectivity index is 1.55. The summed E-state index contributed by atoms with van der Waals surface area (Å²) in [6.45, 7) is 1.44. The Morgan fingerprint density at radius 2 is 1.65 bits per heavy atom. The van der Waals surface area contributed by atoms with Crippen LogP contribution < -0.4 is 27.4 Å². The molecule has 0 radical (unpaired) electrons. The number of likely N-dealkylation sites (N-methyl/N-ethyl adjacent to an activating group) is 1. The normalized spacial score (nSPS) is 19.6. The Kier molecular flexibility index (Phi) is 13.1. The van der Waals surface area contributed by atoms with E-state index in [2.05, 4.69) is 25.9 Å². The Morgan fingerprint density at radius 3 is 2.47 bits per heavy atom. The molecule has 260 valence electrons. The lowest BCUT2D eigenvalue weighted by Crippen LogP contribution is -2.57. The van der Waals surface area contributed by atoms with Gasteiger partial charge in [0.25, 0.3) is 0 Å². The van der Waals surface area contributed by atoms with E-state index in [4.69, 9.17) is 23.1 Å². The van der Waals surface area contributed by atoms with Crippen molar-refractivity contribution in [1.82, 2.24) is 30.8 Å². The summed E-state index contributed by atoms with van der Waals surface area (Å²) in [5.74, 6) is -0.978. The third-order valence-electron chi connectivity index (χ3n) is 8.88. The van der Waals surface area contributed by atoms with E-state index in [1.165, 1.54) is 16.7 Å². The minimum absolute atomic E-state index is 0.152. The maximum absolute atomic E-state index is 14.3. The van der Waals surface area contributed by atoms with Gasteiger partial charge in [0.1, 0.15) is 12.1 Å². The van der Waals surface area contributed by atoms with Crippen molar-refractivity contribution >= 4 is 52.0 Å². The van der Waals surface area contributed by atoms with Gasteiger partial charge < -0.3 is 37.3 Å². The van der Waals surface area contributed by atoms with Crippen molar-refractivity contribution in [2.24, 2.45) is 11.5 Å². The van der Waals surface area contributed by atoms with Gasteiger partial charge in [0.05, 0.1) is 11.1 Å². The van der Waals surface area contributed by atoms with Crippen LogP contribution >= 0.6 is 23.4 Å². The van der Waals surface area contributed by atoms with Crippen LogP contribution in [0, 0.1) is 0 Å². The van der Waals surface area contributed by atoms with Crippen molar-refractivity contribution < 1.29 is 14.4 Å². The van der Waals surface area contributed by atoms with E-state index < -0.39 is 18.1 Å². The van der Waals surface area contributed by atoms with Crippen LogP contribution in [-0.2, 0) is 33.9 Å². The predicted molar refractivity (Wildman–Crippen MR) is 194 cm³/mol. The number of fused-ring (bicyclic) bond motifs is 3. The number of H-pyrrole nitrogens is 1. The summed E-state index contributed by atoms with van der Waals surface area (Å²) in [5, 5.41) is 11.0. The zero-order chi connectivity index (χ0) is 34.8. The average Bonchev–Trinajstić information content (AvgIpc) is 3.52. The number of para-hydroxylation sites is 1. The van der Waals surface area contributed by atoms with Gasteiger partial charge in [-0.2, -0.15) is 0 Å². The molecule has 13 heteroatoms. The molecular formula is C36H45ClN8O3S. The Hall–Kier alpha value is -3.94. The van der Waals surface area contributed by atoms with E-state index in [0.29, 0.717) is 56.8 Å². The van der Waals surface area contributed by atoms with E-state index in [-0.39, 0.29) is 30.7 Å². The molecule has 3 atom stereocenters. The molecule has 11 nitrogen and oxygen atoms in total. The van der Waals surface area contributed by atoms with Gasteiger partial charge in [0.2, 0.25) is 17.7 Å². The van der Waals surface area contributed by atoms with Gasteiger partial charge in [-0.15, -0.1) is 0 Å². The third-order valence-corrected chi connectivity index (χ3v) is 10.6. The van der Waals surface area contributed by atoms with Crippen LogP contribution in [0.25, 0.3) is 10.9 Å². The molecule has 3 heterocycles.